The number of nitrogens with one attached hydrogen (secondary N) is 1. The molecule has 0 fully saturated rings. The molecule has 0 aliphatic carbocycles. The van der Waals surface area contributed by atoms with Crippen molar-refractivity contribution in [1.82, 2.24) is 4.98 Å². The molecule has 0 aliphatic heterocycles. The van der Waals surface area contributed by atoms with Crippen molar-refractivity contribution in [3.63, 3.8) is 0 Å². The number of hydrogen-bond acceptors (Lipinski definition) is 6. The number of nitrogens with two attached hydrogens (primary N) is 1. The summed E-state index contributed by atoms with van der Waals surface area (Å²) < 4.78 is 27.2. The van der Waals surface area contributed by atoms with Gasteiger partial charge in [-0.2, -0.15) is 0 Å². The molecular formula is C11H9BrN4O4S. The largest absolute Gasteiger partial charge is 0.393 e. The van der Waals surface area contributed by atoms with Gasteiger partial charge in [0.25, 0.3) is 15.7 Å². The van der Waals surface area contributed by atoms with E-state index in [0.717, 1.165) is 6.07 Å². The van der Waals surface area contributed by atoms with E-state index in [1.54, 1.807) is 6.07 Å². The summed E-state index contributed by atoms with van der Waals surface area (Å²) in [5.74, 6) is 0.0951. The summed E-state index contributed by atoms with van der Waals surface area (Å²) in [4.78, 5) is 13.6. The molecule has 0 radical (unpaired) electrons. The first-order valence-corrected chi connectivity index (χ1v) is 7.75. The Kier molecular flexibility index (Phi) is 4.09. The summed E-state index contributed by atoms with van der Waals surface area (Å²) in [5.41, 5.74) is 4.85. The van der Waals surface area contributed by atoms with Crippen LogP contribution in [0.15, 0.2) is 45.9 Å². The number of hydrogen-bond donors (Lipinski definition) is 2. The van der Waals surface area contributed by atoms with Crippen LogP contribution in [0.5, 0.6) is 0 Å². The maximum Gasteiger partial charge on any atom is 0.293 e. The molecule has 0 aliphatic rings. The van der Waals surface area contributed by atoms with Crippen LogP contribution < -0.4 is 10.5 Å². The summed E-state index contributed by atoms with van der Waals surface area (Å²) in [6, 6.07) is 6.31. The molecule has 0 bridgehead atoms. The third-order valence-corrected chi connectivity index (χ3v) is 4.30. The quantitative estimate of drug-likeness (QED) is 0.480. The predicted octanol–water partition coefficient (Wildman–Crippen LogP) is 2.14. The highest BCUT2D eigenvalue weighted by molar-refractivity contribution is 9.10. The third kappa shape index (κ3) is 3.47. The Bertz CT molecular complexity index is 792. The zero-order valence-electron chi connectivity index (χ0n) is 10.4. The minimum absolute atomic E-state index is 0.0951. The molecule has 3 N–H and O–H groups in total. The van der Waals surface area contributed by atoms with E-state index in [9.17, 15) is 18.5 Å². The number of benzene rings is 1. The van der Waals surface area contributed by atoms with Gasteiger partial charge in [-0.1, -0.05) is 0 Å². The van der Waals surface area contributed by atoms with Crippen molar-refractivity contribution in [3.05, 3.63) is 51.1 Å². The fourth-order valence-electron chi connectivity index (χ4n) is 1.48. The number of nitro benzene ring substituents is 1. The maximum absolute atomic E-state index is 12.1. The highest BCUT2D eigenvalue weighted by atomic mass is 79.9. The second kappa shape index (κ2) is 5.66. The average Bonchev–Trinajstić information content (AvgIpc) is 2.41. The minimum atomic E-state index is -3.99. The molecule has 1 aromatic heterocycles. The summed E-state index contributed by atoms with van der Waals surface area (Å²) in [6.07, 6.45) is 1.42. The number of anilines is 2. The van der Waals surface area contributed by atoms with Gasteiger partial charge in [-0.05, 0) is 40.2 Å². The molecule has 8 nitrogen and oxygen atoms in total. The van der Waals surface area contributed by atoms with Crippen molar-refractivity contribution in [1.29, 1.82) is 0 Å². The van der Waals surface area contributed by atoms with Gasteiger partial charge in [0.05, 0.1) is 9.82 Å². The van der Waals surface area contributed by atoms with Crippen LogP contribution in [-0.2, 0) is 10.0 Å². The second-order valence-corrected chi connectivity index (χ2v) is 6.54. The molecule has 0 saturated carbocycles. The average molecular weight is 373 g/mol. The van der Waals surface area contributed by atoms with Gasteiger partial charge in [0.2, 0.25) is 0 Å². The fourth-order valence-corrected chi connectivity index (χ4v) is 2.74. The third-order valence-electron chi connectivity index (χ3n) is 2.48. The van der Waals surface area contributed by atoms with Crippen molar-refractivity contribution >= 4 is 43.1 Å². The van der Waals surface area contributed by atoms with Gasteiger partial charge in [0, 0.05) is 16.7 Å². The predicted molar refractivity (Wildman–Crippen MR) is 80.3 cm³/mol. The zero-order chi connectivity index (χ0) is 15.6. The Morgan fingerprint density at radius 1 is 1.29 bits per heavy atom. The van der Waals surface area contributed by atoms with E-state index in [4.69, 9.17) is 5.73 Å². The van der Waals surface area contributed by atoms with Crippen LogP contribution in [0.4, 0.5) is 17.2 Å². The Balaban J connectivity index is 2.38. The van der Waals surface area contributed by atoms with E-state index < -0.39 is 20.6 Å². The molecule has 0 saturated heterocycles. The first-order chi connectivity index (χ1) is 9.79. The lowest BCUT2D eigenvalue weighted by Gasteiger charge is -2.07. The SMILES string of the molecule is Nc1ccc(S(=O)(=O)Nc2ccc(Br)cn2)cc1[N+](=O)[O-]. The number of aromatic nitrogens is 1. The van der Waals surface area contributed by atoms with Crippen molar-refractivity contribution < 1.29 is 13.3 Å². The van der Waals surface area contributed by atoms with Gasteiger partial charge in [-0.25, -0.2) is 13.4 Å². The molecule has 0 atom stereocenters. The number of halogens is 1. The first-order valence-electron chi connectivity index (χ1n) is 5.48. The number of nitrogens with zero attached hydrogens (tertiary/aromatic N) is 2. The fraction of sp³-hybridized carbons (Fsp3) is 0. The minimum Gasteiger partial charge on any atom is -0.393 e. The van der Waals surface area contributed by atoms with E-state index in [1.165, 1.54) is 24.4 Å². The smallest absolute Gasteiger partial charge is 0.293 e. The second-order valence-electron chi connectivity index (χ2n) is 3.94. The topological polar surface area (TPSA) is 128 Å². The molecule has 2 aromatic rings. The number of sulfonamides is 1. The van der Waals surface area contributed by atoms with Gasteiger partial charge >= 0.3 is 0 Å². The van der Waals surface area contributed by atoms with Crippen LogP contribution in [0.25, 0.3) is 0 Å². The van der Waals surface area contributed by atoms with E-state index in [2.05, 4.69) is 25.6 Å². The van der Waals surface area contributed by atoms with Gasteiger partial charge < -0.3 is 5.73 Å². The summed E-state index contributed by atoms with van der Waals surface area (Å²) in [5, 5.41) is 10.8. The van der Waals surface area contributed by atoms with Gasteiger partial charge in [-0.3, -0.25) is 14.8 Å². The van der Waals surface area contributed by atoms with Crippen LogP contribution in [0.1, 0.15) is 0 Å². The summed E-state index contributed by atoms with van der Waals surface area (Å²) in [6.45, 7) is 0. The van der Waals surface area contributed by atoms with Crippen LogP contribution in [0, 0.1) is 10.1 Å². The molecule has 0 amide bonds. The zero-order valence-corrected chi connectivity index (χ0v) is 12.8. The van der Waals surface area contributed by atoms with Crippen LogP contribution in [-0.4, -0.2) is 18.3 Å². The monoisotopic (exact) mass is 372 g/mol. The lowest BCUT2D eigenvalue weighted by molar-refractivity contribution is -0.384. The number of nitro groups is 1. The molecule has 0 spiro atoms. The molecule has 1 aromatic carbocycles. The van der Waals surface area contributed by atoms with Crippen LogP contribution >= 0.6 is 15.9 Å². The van der Waals surface area contributed by atoms with E-state index in [1.807, 2.05) is 0 Å². The standard InChI is InChI=1S/C11H9BrN4O4S/c12-7-1-4-11(14-6-7)15-21(19,20)8-2-3-9(13)10(5-8)16(17)18/h1-6H,13H2,(H,14,15). The van der Waals surface area contributed by atoms with Gasteiger partial charge in [0.15, 0.2) is 0 Å². The molecule has 2 rings (SSSR count). The highest BCUT2D eigenvalue weighted by Crippen LogP contribution is 2.25. The number of pyridine rings is 1. The van der Waals surface area contributed by atoms with Crippen LogP contribution in [0.3, 0.4) is 0 Å². The molecule has 110 valence electrons. The Labute approximate surface area is 128 Å². The molecule has 1 heterocycles. The summed E-state index contributed by atoms with van der Waals surface area (Å²) >= 11 is 3.17. The summed E-state index contributed by atoms with van der Waals surface area (Å²) in [7, 11) is -3.99. The maximum atomic E-state index is 12.1. The number of nitrogen functional groups attached to an aromatic ring is 1. The Morgan fingerprint density at radius 3 is 2.57 bits per heavy atom. The van der Waals surface area contributed by atoms with Gasteiger partial charge in [0.1, 0.15) is 11.5 Å². The van der Waals surface area contributed by atoms with E-state index in [-0.39, 0.29) is 16.4 Å². The van der Waals surface area contributed by atoms with Crippen molar-refractivity contribution in [2.24, 2.45) is 0 Å². The lowest BCUT2D eigenvalue weighted by Crippen LogP contribution is -2.14. The molecule has 10 heteroatoms. The molecular weight excluding hydrogens is 364 g/mol. The van der Waals surface area contributed by atoms with Crippen molar-refractivity contribution in [2.45, 2.75) is 4.90 Å². The Hall–Kier alpha value is -2.20. The van der Waals surface area contributed by atoms with E-state index in [0.29, 0.717) is 4.47 Å². The Morgan fingerprint density at radius 2 is 2.00 bits per heavy atom. The van der Waals surface area contributed by atoms with Crippen LogP contribution in [0.2, 0.25) is 0 Å². The molecule has 21 heavy (non-hydrogen) atoms. The first kappa shape index (κ1) is 15.2. The van der Waals surface area contributed by atoms with Gasteiger partial charge in [-0.15, -0.1) is 0 Å². The van der Waals surface area contributed by atoms with E-state index >= 15 is 0 Å². The lowest BCUT2D eigenvalue weighted by atomic mass is 10.3. The van der Waals surface area contributed by atoms with Crippen molar-refractivity contribution in [2.75, 3.05) is 10.5 Å². The highest BCUT2D eigenvalue weighted by Gasteiger charge is 2.20. The normalized spacial score (nSPS) is 11.1. The van der Waals surface area contributed by atoms with Crippen molar-refractivity contribution in [3.8, 4) is 0 Å². The molecule has 0 unspecified atom stereocenters. The number of rotatable bonds is 4.